The third kappa shape index (κ3) is 5.54. The second-order valence-corrected chi connectivity index (χ2v) is 9.64. The number of halogens is 1. The first-order valence-electron chi connectivity index (χ1n) is 11.0. The number of aryl methyl sites for hydroxylation is 1. The second kappa shape index (κ2) is 10.4. The molecule has 0 saturated carbocycles. The summed E-state index contributed by atoms with van der Waals surface area (Å²) in [6.45, 7) is 3.64. The van der Waals surface area contributed by atoms with Crippen molar-refractivity contribution in [2.75, 3.05) is 19.6 Å². The van der Waals surface area contributed by atoms with E-state index >= 15 is 0 Å². The molecular weight excluding hydrogens is 458 g/mol. The Morgan fingerprint density at radius 3 is 2.70 bits per heavy atom. The van der Waals surface area contributed by atoms with Crippen molar-refractivity contribution in [3.8, 4) is 5.75 Å². The van der Waals surface area contributed by atoms with Crippen molar-refractivity contribution >= 4 is 34.8 Å². The molecule has 2 N–H and O–H groups in total. The van der Waals surface area contributed by atoms with Crippen LogP contribution in [0.4, 0.5) is 0 Å². The lowest BCUT2D eigenvalue weighted by Gasteiger charge is -2.32. The first-order valence-corrected chi connectivity index (χ1v) is 12.2. The fourth-order valence-corrected chi connectivity index (χ4v) is 5.00. The van der Waals surface area contributed by atoms with Crippen LogP contribution in [0.2, 0.25) is 5.02 Å². The Balaban J connectivity index is 1.41. The van der Waals surface area contributed by atoms with Crippen LogP contribution in [0.1, 0.15) is 55.7 Å². The van der Waals surface area contributed by atoms with E-state index in [0.717, 1.165) is 30.7 Å². The van der Waals surface area contributed by atoms with Crippen LogP contribution >= 0.6 is 22.9 Å². The monoisotopic (exact) mass is 483 g/mol. The van der Waals surface area contributed by atoms with Gasteiger partial charge in [-0.05, 0) is 68.0 Å². The van der Waals surface area contributed by atoms with Gasteiger partial charge in [-0.2, -0.15) is 0 Å². The molecule has 6 nitrogen and oxygen atoms in total. The highest BCUT2D eigenvalue weighted by Gasteiger charge is 2.28. The number of thiophene rings is 1. The van der Waals surface area contributed by atoms with Crippen LogP contribution in [0.5, 0.6) is 5.75 Å². The Bertz CT molecular complexity index is 1140. The number of benzene rings is 1. The molecular formula is C25H26ClN3O3S. The summed E-state index contributed by atoms with van der Waals surface area (Å²) in [5.74, 6) is -0.153. The molecule has 1 saturated heterocycles. The maximum Gasteiger partial charge on any atom is 0.253 e. The van der Waals surface area contributed by atoms with Crippen LogP contribution in [-0.4, -0.2) is 46.4 Å². The summed E-state index contributed by atoms with van der Waals surface area (Å²) in [7, 11) is 0. The van der Waals surface area contributed by atoms with E-state index < -0.39 is 0 Å². The molecule has 1 fully saturated rings. The number of aromatic hydroxyl groups is 1. The molecule has 2 aromatic heterocycles. The normalized spacial score (nSPS) is 14.3. The molecule has 0 bridgehead atoms. The number of rotatable bonds is 6. The van der Waals surface area contributed by atoms with Crippen LogP contribution in [0, 0.1) is 6.92 Å². The summed E-state index contributed by atoms with van der Waals surface area (Å²) < 4.78 is 0. The second-order valence-electron chi connectivity index (χ2n) is 8.20. The van der Waals surface area contributed by atoms with Gasteiger partial charge in [0.2, 0.25) is 0 Å². The molecule has 8 heteroatoms. The summed E-state index contributed by atoms with van der Waals surface area (Å²) in [5, 5.41) is 14.8. The number of aromatic nitrogens is 1. The smallest absolute Gasteiger partial charge is 0.253 e. The van der Waals surface area contributed by atoms with E-state index in [-0.39, 0.29) is 28.5 Å². The van der Waals surface area contributed by atoms with Crippen molar-refractivity contribution in [1.29, 1.82) is 0 Å². The van der Waals surface area contributed by atoms with E-state index in [1.165, 1.54) is 17.0 Å². The van der Waals surface area contributed by atoms with Gasteiger partial charge in [-0.25, -0.2) is 0 Å². The molecule has 33 heavy (non-hydrogen) atoms. The number of nitrogens with one attached hydrogen (secondary N) is 1. The molecule has 2 amide bonds. The van der Waals surface area contributed by atoms with Crippen LogP contribution in [-0.2, 0) is 6.42 Å². The van der Waals surface area contributed by atoms with Crippen molar-refractivity contribution in [3.63, 3.8) is 0 Å². The highest BCUT2D eigenvalue weighted by molar-refractivity contribution is 7.09. The van der Waals surface area contributed by atoms with Crippen LogP contribution < -0.4 is 5.32 Å². The first-order chi connectivity index (χ1) is 15.9. The predicted molar refractivity (Wildman–Crippen MR) is 130 cm³/mol. The zero-order chi connectivity index (χ0) is 23.4. The van der Waals surface area contributed by atoms with Gasteiger partial charge in [0.25, 0.3) is 11.8 Å². The minimum absolute atomic E-state index is 0.0429. The average Bonchev–Trinajstić information content (AvgIpc) is 3.34. The number of piperidine rings is 1. The number of carbonyl (C=O) groups is 2. The fourth-order valence-electron chi connectivity index (χ4n) is 4.11. The van der Waals surface area contributed by atoms with Gasteiger partial charge in [-0.15, -0.1) is 11.3 Å². The Hall–Kier alpha value is -2.90. The summed E-state index contributed by atoms with van der Waals surface area (Å²) in [5.41, 5.74) is 2.75. The number of carbonyl (C=O) groups excluding carboxylic acids is 2. The molecule has 4 rings (SSSR count). The van der Waals surface area contributed by atoms with Crippen molar-refractivity contribution in [3.05, 3.63) is 80.3 Å². The Kier molecular flexibility index (Phi) is 7.30. The number of likely N-dealkylation sites (tertiary alicyclic amines) is 1. The van der Waals surface area contributed by atoms with Gasteiger partial charge in [-0.1, -0.05) is 17.7 Å². The molecule has 3 heterocycles. The highest BCUT2D eigenvalue weighted by atomic mass is 35.5. The first kappa shape index (κ1) is 23.3. The summed E-state index contributed by atoms with van der Waals surface area (Å²) in [4.78, 5) is 33.5. The Morgan fingerprint density at radius 1 is 1.21 bits per heavy atom. The molecule has 0 aliphatic carbocycles. The number of hydrogen-bond donors (Lipinski definition) is 2. The number of phenolic OH excluding ortho intramolecular Hbond substituents is 1. The zero-order valence-electron chi connectivity index (χ0n) is 18.4. The summed E-state index contributed by atoms with van der Waals surface area (Å²) in [6, 6.07) is 12.3. The summed E-state index contributed by atoms with van der Waals surface area (Å²) >= 11 is 7.65. The molecule has 0 spiro atoms. The quantitative estimate of drug-likeness (QED) is 0.527. The van der Waals surface area contributed by atoms with Crippen molar-refractivity contribution in [2.24, 2.45) is 0 Å². The van der Waals surface area contributed by atoms with E-state index in [4.69, 9.17) is 16.6 Å². The molecule has 1 aliphatic rings. The lowest BCUT2D eigenvalue weighted by Crippen LogP contribution is -2.38. The summed E-state index contributed by atoms with van der Waals surface area (Å²) in [6.07, 6.45) is 2.26. The van der Waals surface area contributed by atoms with Crippen LogP contribution in [0.3, 0.4) is 0 Å². The van der Waals surface area contributed by atoms with Gasteiger partial charge >= 0.3 is 0 Å². The largest absolute Gasteiger partial charge is 0.506 e. The third-order valence-corrected chi connectivity index (χ3v) is 7.15. The van der Waals surface area contributed by atoms with E-state index in [0.29, 0.717) is 30.8 Å². The number of amides is 2. The van der Waals surface area contributed by atoms with Gasteiger partial charge in [0, 0.05) is 41.7 Å². The number of phenols is 1. The van der Waals surface area contributed by atoms with Crippen LogP contribution in [0.25, 0.3) is 0 Å². The lowest BCUT2D eigenvalue weighted by atomic mass is 9.89. The Morgan fingerprint density at radius 2 is 2.00 bits per heavy atom. The minimum atomic E-state index is -0.112. The van der Waals surface area contributed by atoms with Crippen molar-refractivity contribution in [2.45, 2.75) is 32.1 Å². The van der Waals surface area contributed by atoms with Gasteiger partial charge in [0.05, 0.1) is 16.3 Å². The molecule has 1 aromatic carbocycles. The number of nitrogens with zero attached hydrogens (tertiary/aromatic N) is 2. The maximum atomic E-state index is 12.9. The van der Waals surface area contributed by atoms with Crippen molar-refractivity contribution in [1.82, 2.24) is 15.2 Å². The van der Waals surface area contributed by atoms with Gasteiger partial charge in [0.1, 0.15) is 5.75 Å². The van der Waals surface area contributed by atoms with E-state index in [1.807, 2.05) is 30.5 Å². The predicted octanol–water partition coefficient (Wildman–Crippen LogP) is 4.80. The molecule has 0 radical (unpaired) electrons. The average molecular weight is 484 g/mol. The maximum absolute atomic E-state index is 12.9. The standard InChI is InChI=1S/C25H26ClN3O3S/c1-16-4-6-20(24(31)27-11-8-19-3-2-14-33-19)23(28-16)17-9-12-29(13-10-17)25(32)18-5-7-22(30)21(26)15-18/h2-7,14-15,17,30H,8-13H2,1H3,(H,27,31). The fraction of sp³-hybridized carbons (Fsp3) is 0.320. The third-order valence-electron chi connectivity index (χ3n) is 5.91. The van der Waals surface area contributed by atoms with Gasteiger partial charge in [0.15, 0.2) is 0 Å². The molecule has 1 aliphatic heterocycles. The molecule has 3 aromatic rings. The van der Waals surface area contributed by atoms with Crippen molar-refractivity contribution < 1.29 is 14.7 Å². The number of pyridine rings is 1. The SMILES string of the molecule is Cc1ccc(C(=O)NCCc2cccs2)c(C2CCN(C(=O)c3ccc(O)c(Cl)c3)CC2)n1. The van der Waals surface area contributed by atoms with E-state index in [9.17, 15) is 14.7 Å². The van der Waals surface area contributed by atoms with Gasteiger partial charge in [-0.3, -0.25) is 14.6 Å². The van der Waals surface area contributed by atoms with E-state index in [2.05, 4.69) is 11.4 Å². The number of hydrogen-bond acceptors (Lipinski definition) is 5. The highest BCUT2D eigenvalue weighted by Crippen LogP contribution is 2.31. The molecule has 0 unspecified atom stereocenters. The van der Waals surface area contributed by atoms with Crippen LogP contribution in [0.15, 0.2) is 47.8 Å². The topological polar surface area (TPSA) is 82.5 Å². The zero-order valence-corrected chi connectivity index (χ0v) is 20.0. The Labute approximate surface area is 202 Å². The minimum Gasteiger partial charge on any atom is -0.506 e. The lowest BCUT2D eigenvalue weighted by molar-refractivity contribution is 0.0710. The van der Waals surface area contributed by atoms with E-state index in [1.54, 1.807) is 22.3 Å². The van der Waals surface area contributed by atoms with Gasteiger partial charge < -0.3 is 15.3 Å². The molecule has 172 valence electrons. The molecule has 0 atom stereocenters.